The summed E-state index contributed by atoms with van der Waals surface area (Å²) in [6, 6.07) is 0. The van der Waals surface area contributed by atoms with Crippen LogP contribution in [0, 0.1) is 0 Å². The molecule has 0 saturated carbocycles. The van der Waals surface area contributed by atoms with Crippen LogP contribution in [0.1, 0.15) is 83.5 Å². The van der Waals surface area contributed by atoms with E-state index in [1.54, 1.807) is 6.08 Å². The highest BCUT2D eigenvalue weighted by molar-refractivity contribution is 5.79. The van der Waals surface area contributed by atoms with E-state index in [1.165, 1.54) is 76.7 Å². The van der Waals surface area contributed by atoms with Crippen molar-refractivity contribution in [2.24, 2.45) is 0 Å². The highest BCUT2D eigenvalue weighted by atomic mass is 16.4. The SMILES string of the molecule is C=CCCCCCCCCCCCCCC=CC(=O)O. The number of carboxylic acid groups (broad SMARTS) is 1. The van der Waals surface area contributed by atoms with E-state index in [0.29, 0.717) is 0 Å². The van der Waals surface area contributed by atoms with Crippen LogP contribution < -0.4 is 0 Å². The number of unbranched alkanes of at least 4 members (excludes halogenated alkanes) is 12. The molecule has 0 rings (SSSR count). The molecule has 0 bridgehead atoms. The van der Waals surface area contributed by atoms with Crippen molar-refractivity contribution < 1.29 is 9.90 Å². The van der Waals surface area contributed by atoms with Gasteiger partial charge in [-0.05, 0) is 25.7 Å². The Morgan fingerprint density at radius 1 is 0.750 bits per heavy atom. The number of rotatable bonds is 15. The first kappa shape index (κ1) is 18.9. The van der Waals surface area contributed by atoms with E-state index in [1.807, 2.05) is 6.08 Å². The van der Waals surface area contributed by atoms with E-state index in [-0.39, 0.29) is 0 Å². The second-order valence-corrected chi connectivity index (χ2v) is 5.50. The van der Waals surface area contributed by atoms with Crippen molar-refractivity contribution in [1.29, 1.82) is 0 Å². The number of hydrogen-bond donors (Lipinski definition) is 1. The van der Waals surface area contributed by atoms with Crippen LogP contribution >= 0.6 is 0 Å². The van der Waals surface area contributed by atoms with Crippen LogP contribution in [0.25, 0.3) is 0 Å². The summed E-state index contributed by atoms with van der Waals surface area (Å²) in [5.41, 5.74) is 0. The Hall–Kier alpha value is -1.05. The Morgan fingerprint density at radius 2 is 1.15 bits per heavy atom. The van der Waals surface area contributed by atoms with Crippen LogP contribution in [0.3, 0.4) is 0 Å². The average Bonchev–Trinajstić information content (AvgIpc) is 2.43. The normalized spacial score (nSPS) is 11.0. The van der Waals surface area contributed by atoms with Gasteiger partial charge in [-0.2, -0.15) is 0 Å². The van der Waals surface area contributed by atoms with Gasteiger partial charge in [0.2, 0.25) is 0 Å². The fraction of sp³-hybridized carbons (Fsp3) is 0.722. The van der Waals surface area contributed by atoms with Crippen LogP contribution in [-0.2, 0) is 4.79 Å². The lowest BCUT2D eigenvalue weighted by atomic mass is 10.0. The van der Waals surface area contributed by atoms with Crippen LogP contribution in [0.4, 0.5) is 0 Å². The average molecular weight is 280 g/mol. The van der Waals surface area contributed by atoms with Gasteiger partial charge in [0.15, 0.2) is 0 Å². The molecule has 1 N–H and O–H groups in total. The Morgan fingerprint density at radius 3 is 1.55 bits per heavy atom. The van der Waals surface area contributed by atoms with Gasteiger partial charge in [-0.3, -0.25) is 0 Å². The molecule has 20 heavy (non-hydrogen) atoms. The molecular weight excluding hydrogens is 248 g/mol. The van der Waals surface area contributed by atoms with Gasteiger partial charge in [0.05, 0.1) is 0 Å². The minimum absolute atomic E-state index is 0.838. The number of carbonyl (C=O) groups is 1. The molecule has 116 valence electrons. The predicted octanol–water partition coefficient (Wildman–Crippen LogP) is 5.88. The summed E-state index contributed by atoms with van der Waals surface area (Å²) in [7, 11) is 0. The van der Waals surface area contributed by atoms with Crippen LogP contribution in [0.15, 0.2) is 24.8 Å². The predicted molar refractivity (Wildman–Crippen MR) is 87.0 cm³/mol. The molecule has 0 aromatic carbocycles. The molecule has 0 radical (unpaired) electrons. The van der Waals surface area contributed by atoms with E-state index in [9.17, 15) is 4.79 Å². The molecule has 0 aromatic heterocycles. The highest BCUT2D eigenvalue weighted by Crippen LogP contribution is 2.12. The molecule has 0 atom stereocenters. The minimum Gasteiger partial charge on any atom is -0.478 e. The van der Waals surface area contributed by atoms with Gasteiger partial charge in [0.25, 0.3) is 0 Å². The molecule has 0 aliphatic rings. The third kappa shape index (κ3) is 16.9. The number of aliphatic carboxylic acids is 1. The zero-order chi connectivity index (χ0) is 14.9. The first-order chi connectivity index (χ1) is 9.77. The molecule has 2 nitrogen and oxygen atoms in total. The van der Waals surface area contributed by atoms with Gasteiger partial charge in [-0.25, -0.2) is 4.79 Å². The second-order valence-electron chi connectivity index (χ2n) is 5.50. The topological polar surface area (TPSA) is 37.3 Å². The summed E-state index contributed by atoms with van der Waals surface area (Å²) in [6.45, 7) is 3.74. The molecule has 0 heterocycles. The quantitative estimate of drug-likeness (QED) is 0.231. The van der Waals surface area contributed by atoms with Gasteiger partial charge in [0, 0.05) is 6.08 Å². The molecule has 0 unspecified atom stereocenters. The largest absolute Gasteiger partial charge is 0.478 e. The maximum Gasteiger partial charge on any atom is 0.327 e. The van der Waals surface area contributed by atoms with Gasteiger partial charge in [-0.1, -0.05) is 69.9 Å². The Balaban J connectivity index is 3.02. The molecule has 0 fully saturated rings. The van der Waals surface area contributed by atoms with E-state index >= 15 is 0 Å². The Labute approximate surface area is 125 Å². The molecular formula is C18H32O2. The summed E-state index contributed by atoms with van der Waals surface area (Å²) in [5.74, 6) is -0.838. The van der Waals surface area contributed by atoms with Crippen molar-refractivity contribution in [2.45, 2.75) is 83.5 Å². The van der Waals surface area contributed by atoms with E-state index in [2.05, 4.69) is 6.58 Å². The molecule has 0 spiro atoms. The van der Waals surface area contributed by atoms with Crippen LogP contribution in [-0.4, -0.2) is 11.1 Å². The monoisotopic (exact) mass is 280 g/mol. The fourth-order valence-electron chi connectivity index (χ4n) is 2.33. The zero-order valence-corrected chi connectivity index (χ0v) is 13.0. The molecule has 0 saturated heterocycles. The Bertz CT molecular complexity index is 256. The highest BCUT2D eigenvalue weighted by Gasteiger charge is 1.93. The number of allylic oxidation sites excluding steroid dienone is 2. The van der Waals surface area contributed by atoms with Crippen molar-refractivity contribution >= 4 is 5.97 Å². The third-order valence-corrected chi connectivity index (χ3v) is 3.54. The summed E-state index contributed by atoms with van der Waals surface area (Å²) in [5, 5.41) is 8.43. The minimum atomic E-state index is -0.838. The van der Waals surface area contributed by atoms with Crippen molar-refractivity contribution in [2.75, 3.05) is 0 Å². The molecule has 0 aliphatic carbocycles. The van der Waals surface area contributed by atoms with E-state index in [4.69, 9.17) is 5.11 Å². The van der Waals surface area contributed by atoms with Gasteiger partial charge >= 0.3 is 5.97 Å². The maximum absolute atomic E-state index is 10.2. The van der Waals surface area contributed by atoms with Crippen molar-refractivity contribution in [3.05, 3.63) is 24.8 Å². The lowest BCUT2D eigenvalue weighted by Gasteiger charge is -2.02. The molecule has 2 heteroatoms. The first-order valence-electron chi connectivity index (χ1n) is 8.27. The second kappa shape index (κ2) is 16.0. The van der Waals surface area contributed by atoms with Crippen molar-refractivity contribution in [3.63, 3.8) is 0 Å². The lowest BCUT2D eigenvalue weighted by molar-refractivity contribution is -0.131. The van der Waals surface area contributed by atoms with Crippen molar-refractivity contribution in [1.82, 2.24) is 0 Å². The standard InChI is InChI=1S/C18H32O2/c1-2-3-4-5-6-7-8-9-10-11-12-13-14-15-16-17-18(19)20/h2,16-17H,1,3-15H2,(H,19,20). The summed E-state index contributed by atoms with van der Waals surface area (Å²) in [6.07, 6.45) is 21.6. The van der Waals surface area contributed by atoms with E-state index < -0.39 is 5.97 Å². The summed E-state index contributed by atoms with van der Waals surface area (Å²) < 4.78 is 0. The van der Waals surface area contributed by atoms with Crippen LogP contribution in [0.2, 0.25) is 0 Å². The van der Waals surface area contributed by atoms with E-state index in [0.717, 1.165) is 12.8 Å². The molecule has 0 amide bonds. The summed E-state index contributed by atoms with van der Waals surface area (Å²) in [4.78, 5) is 10.2. The third-order valence-electron chi connectivity index (χ3n) is 3.54. The van der Waals surface area contributed by atoms with Gasteiger partial charge < -0.3 is 5.11 Å². The van der Waals surface area contributed by atoms with Crippen molar-refractivity contribution in [3.8, 4) is 0 Å². The smallest absolute Gasteiger partial charge is 0.327 e. The van der Waals surface area contributed by atoms with Gasteiger partial charge in [0.1, 0.15) is 0 Å². The zero-order valence-electron chi connectivity index (χ0n) is 13.0. The molecule has 0 aliphatic heterocycles. The van der Waals surface area contributed by atoms with Gasteiger partial charge in [-0.15, -0.1) is 6.58 Å². The summed E-state index contributed by atoms with van der Waals surface area (Å²) >= 11 is 0. The van der Waals surface area contributed by atoms with Crippen LogP contribution in [0.5, 0.6) is 0 Å². The lowest BCUT2D eigenvalue weighted by Crippen LogP contribution is -1.86. The maximum atomic E-state index is 10.2. The number of carboxylic acids is 1. The number of hydrogen-bond acceptors (Lipinski definition) is 1. The first-order valence-corrected chi connectivity index (χ1v) is 8.27. The molecule has 0 aromatic rings. The fourth-order valence-corrected chi connectivity index (χ4v) is 2.33. The Kier molecular flexibility index (Phi) is 15.2.